The van der Waals surface area contributed by atoms with E-state index in [1.165, 1.54) is 41.1 Å². The van der Waals surface area contributed by atoms with Crippen LogP contribution >= 0.6 is 0 Å². The molecule has 3 aromatic carbocycles. The van der Waals surface area contributed by atoms with Crippen LogP contribution in [-0.4, -0.2) is 88.0 Å². The summed E-state index contributed by atoms with van der Waals surface area (Å²) in [6.07, 6.45) is -9.51. The summed E-state index contributed by atoms with van der Waals surface area (Å²) in [5, 5.41) is 64.3. The second-order valence-corrected chi connectivity index (χ2v) is 8.89. The summed E-state index contributed by atoms with van der Waals surface area (Å²) in [7, 11) is 0. The lowest BCUT2D eigenvalue weighted by Gasteiger charge is -2.37. The minimum Gasteiger partial charge on any atom is -0.507 e. The van der Waals surface area contributed by atoms with Crippen molar-refractivity contribution in [1.29, 1.82) is 0 Å². The Bertz CT molecular complexity index is 1550. The van der Waals surface area contributed by atoms with Gasteiger partial charge in [0.15, 0.2) is 17.8 Å². The Morgan fingerprint density at radius 3 is 2.00 bits per heavy atom. The SMILES string of the molecule is O=C(O[C@@H]1OC(C(=O)O)[C@@H](O)[C@H](O)[C@@H]1O)c1ccc(-n2nc(-c3ccccc3O)nc2-c2ccccc2O)cc1. The first-order chi connectivity index (χ1) is 19.2. The fourth-order valence-corrected chi connectivity index (χ4v) is 4.17. The molecule has 1 saturated heterocycles. The van der Waals surface area contributed by atoms with Crippen LogP contribution in [0.1, 0.15) is 10.4 Å². The molecule has 0 saturated carbocycles. The average molecular weight is 549 g/mol. The highest BCUT2D eigenvalue weighted by Gasteiger charge is 2.48. The van der Waals surface area contributed by atoms with Crippen molar-refractivity contribution in [2.75, 3.05) is 0 Å². The Hall–Kier alpha value is -4.82. The lowest BCUT2D eigenvalue weighted by molar-refractivity contribution is -0.278. The van der Waals surface area contributed by atoms with E-state index in [2.05, 4.69) is 10.1 Å². The summed E-state index contributed by atoms with van der Waals surface area (Å²) >= 11 is 0. The van der Waals surface area contributed by atoms with Gasteiger partial charge in [-0.2, -0.15) is 0 Å². The van der Waals surface area contributed by atoms with Crippen molar-refractivity contribution >= 4 is 11.9 Å². The third kappa shape index (κ3) is 4.97. The molecule has 0 bridgehead atoms. The van der Waals surface area contributed by atoms with Gasteiger partial charge < -0.3 is 40.1 Å². The molecule has 0 spiro atoms. The molecule has 0 amide bonds. The fraction of sp³-hybridized carbons (Fsp3) is 0.185. The Balaban J connectivity index is 1.44. The van der Waals surface area contributed by atoms with Gasteiger partial charge in [0.05, 0.1) is 22.4 Å². The minimum atomic E-state index is -1.93. The zero-order valence-corrected chi connectivity index (χ0v) is 20.5. The molecule has 40 heavy (non-hydrogen) atoms. The number of carbonyl (C=O) groups is 2. The topological polar surface area (TPSA) is 205 Å². The van der Waals surface area contributed by atoms with Crippen LogP contribution in [0.2, 0.25) is 0 Å². The van der Waals surface area contributed by atoms with Crippen molar-refractivity contribution in [3.63, 3.8) is 0 Å². The van der Waals surface area contributed by atoms with E-state index in [0.717, 1.165) is 0 Å². The number of carboxylic acid groups (broad SMARTS) is 1. The lowest BCUT2D eigenvalue weighted by atomic mass is 9.99. The molecule has 2 heterocycles. The number of aliphatic carboxylic acids is 1. The third-order valence-electron chi connectivity index (χ3n) is 6.28. The molecular formula is C27H23N3O10. The molecule has 1 aliphatic heterocycles. The first-order valence-corrected chi connectivity index (χ1v) is 11.9. The maximum Gasteiger partial charge on any atom is 0.340 e. The number of para-hydroxylation sites is 2. The van der Waals surface area contributed by atoms with Gasteiger partial charge in [-0.15, -0.1) is 5.10 Å². The van der Waals surface area contributed by atoms with Gasteiger partial charge in [-0.25, -0.2) is 19.3 Å². The predicted molar refractivity (Wildman–Crippen MR) is 135 cm³/mol. The smallest absolute Gasteiger partial charge is 0.340 e. The van der Waals surface area contributed by atoms with Crippen LogP contribution in [-0.2, 0) is 14.3 Å². The summed E-state index contributed by atoms with van der Waals surface area (Å²) in [5.74, 6) is -2.29. The van der Waals surface area contributed by atoms with Gasteiger partial charge in [-0.1, -0.05) is 24.3 Å². The Morgan fingerprint density at radius 1 is 0.800 bits per heavy atom. The van der Waals surface area contributed by atoms with E-state index in [1.54, 1.807) is 36.4 Å². The van der Waals surface area contributed by atoms with Crippen molar-refractivity contribution in [2.24, 2.45) is 0 Å². The van der Waals surface area contributed by atoms with E-state index in [0.29, 0.717) is 16.8 Å². The Labute approximate surface area is 225 Å². The molecule has 1 fully saturated rings. The molecule has 0 aliphatic carbocycles. The first kappa shape index (κ1) is 26.8. The number of aliphatic hydroxyl groups excluding tert-OH is 3. The second kappa shape index (κ2) is 10.7. The maximum absolute atomic E-state index is 12.7. The summed E-state index contributed by atoms with van der Waals surface area (Å²) in [6, 6.07) is 18.7. The third-order valence-corrected chi connectivity index (χ3v) is 6.28. The zero-order valence-electron chi connectivity index (χ0n) is 20.5. The number of aromatic hydroxyl groups is 2. The molecule has 1 unspecified atom stereocenters. The van der Waals surface area contributed by atoms with E-state index in [-0.39, 0.29) is 28.7 Å². The summed E-state index contributed by atoms with van der Waals surface area (Å²) in [6.45, 7) is 0. The van der Waals surface area contributed by atoms with Crippen LogP contribution < -0.4 is 0 Å². The van der Waals surface area contributed by atoms with Crippen LogP contribution in [0.15, 0.2) is 72.8 Å². The van der Waals surface area contributed by atoms with Crippen LogP contribution in [0.25, 0.3) is 28.5 Å². The second-order valence-electron chi connectivity index (χ2n) is 8.89. The molecule has 0 radical (unpaired) electrons. The molecule has 4 aromatic rings. The number of carboxylic acids is 1. The van der Waals surface area contributed by atoms with Crippen molar-refractivity contribution in [3.8, 4) is 40.0 Å². The number of ether oxygens (including phenoxy) is 2. The van der Waals surface area contributed by atoms with Crippen LogP contribution in [0.4, 0.5) is 0 Å². The molecule has 1 aliphatic rings. The van der Waals surface area contributed by atoms with Gasteiger partial charge in [-0.05, 0) is 48.5 Å². The van der Waals surface area contributed by atoms with Crippen molar-refractivity contribution < 1.29 is 49.7 Å². The van der Waals surface area contributed by atoms with Crippen LogP contribution in [0.5, 0.6) is 11.5 Å². The van der Waals surface area contributed by atoms with Gasteiger partial charge in [0, 0.05) is 0 Å². The number of carbonyl (C=O) groups excluding carboxylic acids is 1. The zero-order chi connectivity index (χ0) is 28.6. The van der Waals surface area contributed by atoms with E-state index in [4.69, 9.17) is 9.47 Å². The minimum absolute atomic E-state index is 0.0165. The number of aliphatic hydroxyl groups is 3. The molecule has 13 heteroatoms. The summed E-state index contributed by atoms with van der Waals surface area (Å²) < 4.78 is 11.5. The number of phenols is 2. The number of nitrogens with zero attached hydrogens (tertiary/aromatic N) is 3. The van der Waals surface area contributed by atoms with E-state index in [9.17, 15) is 40.2 Å². The number of hydrogen-bond donors (Lipinski definition) is 6. The molecule has 5 rings (SSSR count). The van der Waals surface area contributed by atoms with E-state index >= 15 is 0 Å². The highest BCUT2D eigenvalue weighted by atomic mass is 16.7. The lowest BCUT2D eigenvalue weighted by Crippen LogP contribution is -2.60. The standard InChI is InChI=1S/C27H23N3O10/c31-17-7-3-1-5-15(17)23-28-24(16-6-2-4-8-18(16)32)30(29-23)14-11-9-13(10-12-14)26(38)40-27-21(35)19(33)20(34)22(39-27)25(36)37/h1-12,19-22,27,31-35H,(H,36,37)/t19-,20-,21-,22?,27-/m0/s1. The monoisotopic (exact) mass is 549 g/mol. The highest BCUT2D eigenvalue weighted by molar-refractivity contribution is 5.89. The van der Waals surface area contributed by atoms with E-state index < -0.39 is 42.6 Å². The number of rotatable bonds is 6. The predicted octanol–water partition coefficient (Wildman–Crippen LogP) is 1.06. The van der Waals surface area contributed by atoms with Gasteiger partial charge in [-0.3, -0.25) is 0 Å². The van der Waals surface area contributed by atoms with Gasteiger partial charge in [0.2, 0.25) is 6.29 Å². The number of benzene rings is 3. The molecular weight excluding hydrogens is 526 g/mol. The molecule has 5 atom stereocenters. The summed E-state index contributed by atoms with van der Waals surface area (Å²) in [5.41, 5.74) is 1.12. The number of aromatic nitrogens is 3. The molecule has 6 N–H and O–H groups in total. The largest absolute Gasteiger partial charge is 0.507 e. The van der Waals surface area contributed by atoms with Crippen LogP contribution in [0.3, 0.4) is 0 Å². The maximum atomic E-state index is 12.7. The normalized spacial score (nSPS) is 22.5. The molecule has 206 valence electrons. The number of hydrogen-bond acceptors (Lipinski definition) is 11. The Morgan fingerprint density at radius 2 is 1.40 bits per heavy atom. The Kier molecular flexibility index (Phi) is 7.19. The van der Waals surface area contributed by atoms with Crippen molar-refractivity contribution in [3.05, 3.63) is 78.4 Å². The number of esters is 1. The highest BCUT2D eigenvalue weighted by Crippen LogP contribution is 2.33. The summed E-state index contributed by atoms with van der Waals surface area (Å²) in [4.78, 5) is 28.6. The molecule has 1 aromatic heterocycles. The quantitative estimate of drug-likeness (QED) is 0.187. The average Bonchev–Trinajstić information content (AvgIpc) is 3.38. The first-order valence-electron chi connectivity index (χ1n) is 11.9. The molecule has 13 nitrogen and oxygen atoms in total. The van der Waals surface area contributed by atoms with Gasteiger partial charge in [0.25, 0.3) is 0 Å². The van der Waals surface area contributed by atoms with Gasteiger partial charge >= 0.3 is 11.9 Å². The van der Waals surface area contributed by atoms with E-state index in [1.807, 2.05) is 0 Å². The van der Waals surface area contributed by atoms with Crippen LogP contribution in [0, 0.1) is 0 Å². The number of phenolic OH excluding ortho intramolecular Hbond substituents is 2. The fourth-order valence-electron chi connectivity index (χ4n) is 4.17. The van der Waals surface area contributed by atoms with Crippen molar-refractivity contribution in [2.45, 2.75) is 30.7 Å². The van der Waals surface area contributed by atoms with Gasteiger partial charge in [0.1, 0.15) is 29.8 Å². The van der Waals surface area contributed by atoms with Crippen molar-refractivity contribution in [1.82, 2.24) is 14.8 Å².